The highest BCUT2D eigenvalue weighted by molar-refractivity contribution is 6.53. The van der Waals surface area contributed by atoms with E-state index in [2.05, 4.69) is 121 Å². The zero-order chi connectivity index (χ0) is 45.8. The monoisotopic (exact) mass is 936 g/mol. The van der Waals surface area contributed by atoms with Crippen LogP contribution in [0.25, 0.3) is 11.1 Å². The minimum atomic E-state index is -1.58. The topological polar surface area (TPSA) is 32.8 Å². The number of hydrogen-bond donors (Lipinski definition) is 0. The molecule has 0 fully saturated rings. The Balaban J connectivity index is 1.56. The molecule has 0 radical (unpaired) electrons. The number of benzene rings is 5. The van der Waals surface area contributed by atoms with E-state index in [1.165, 1.54) is 75.3 Å². The second kappa shape index (κ2) is 23.3. The lowest BCUT2D eigenvalue weighted by Gasteiger charge is -2.27. The van der Waals surface area contributed by atoms with E-state index in [9.17, 15) is 4.79 Å². The molecule has 0 aliphatic carbocycles. The van der Waals surface area contributed by atoms with Gasteiger partial charge in [-0.2, -0.15) is 0 Å². The number of cyclic esters (lactones) is 1. The van der Waals surface area contributed by atoms with Gasteiger partial charge < -0.3 is 14.5 Å². The van der Waals surface area contributed by atoms with Gasteiger partial charge in [0.1, 0.15) is 0 Å². The molecule has 5 aromatic carbocycles. The Morgan fingerprint density at radius 2 is 0.828 bits per heavy atom. The third kappa shape index (κ3) is 12.0. The summed E-state index contributed by atoms with van der Waals surface area (Å²) in [5.41, 5.74) is 9.04. The highest BCUT2D eigenvalue weighted by atomic mass is 35.5. The fraction of sp³-hybridized carbons (Fsp3) is 0.375. The molecule has 4 nitrogen and oxygen atoms in total. The van der Waals surface area contributed by atoms with E-state index in [-0.39, 0.29) is 25.7 Å². The van der Waals surface area contributed by atoms with Crippen molar-refractivity contribution in [3.63, 3.8) is 0 Å². The van der Waals surface area contributed by atoms with Gasteiger partial charge in [-0.3, -0.25) is 0 Å². The Morgan fingerprint density at radius 3 is 1.20 bits per heavy atom. The van der Waals surface area contributed by atoms with E-state index >= 15 is 0 Å². The maximum atomic E-state index is 14.4. The summed E-state index contributed by atoms with van der Waals surface area (Å²) in [6, 6.07) is 34.3. The predicted molar refractivity (Wildman–Crippen MR) is 276 cm³/mol. The second-order valence-corrected chi connectivity index (χ2v) is 19.1. The summed E-state index contributed by atoms with van der Waals surface area (Å²) in [6.07, 6.45) is 21.0. The normalized spacial score (nSPS) is 15.1. The first-order valence-corrected chi connectivity index (χ1v) is 24.7. The summed E-state index contributed by atoms with van der Waals surface area (Å²) in [4.78, 5) is 18.5. The van der Waals surface area contributed by atoms with Crippen molar-refractivity contribution < 1.29 is 9.53 Å². The molecule has 64 heavy (non-hydrogen) atoms. The number of esters is 1. The van der Waals surface area contributed by atoms with Gasteiger partial charge in [0, 0.05) is 45.1 Å². The van der Waals surface area contributed by atoms with Gasteiger partial charge in [0.2, 0.25) is 0 Å². The van der Waals surface area contributed by atoms with E-state index in [1.54, 1.807) is 0 Å². The van der Waals surface area contributed by atoms with Crippen molar-refractivity contribution in [2.75, 3.05) is 38.0 Å². The summed E-state index contributed by atoms with van der Waals surface area (Å²) in [6.45, 7) is 4.50. The average molecular weight is 939 g/mol. The van der Waals surface area contributed by atoms with Gasteiger partial charge in [0.25, 0.3) is 0 Å². The van der Waals surface area contributed by atoms with Crippen molar-refractivity contribution in [2.24, 2.45) is 0 Å². The van der Waals surface area contributed by atoms with Gasteiger partial charge in [0.15, 0.2) is 5.60 Å². The third-order valence-electron chi connectivity index (χ3n) is 12.4. The van der Waals surface area contributed by atoms with E-state index in [4.69, 9.17) is 51.1 Å². The summed E-state index contributed by atoms with van der Waals surface area (Å²) < 4.78 is 6.70. The molecular formula is C56H64Cl4N2O2. The van der Waals surface area contributed by atoms with E-state index in [0.717, 1.165) is 70.5 Å². The molecule has 1 heterocycles. The molecule has 1 aliphatic rings. The van der Waals surface area contributed by atoms with E-state index in [1.807, 2.05) is 40.3 Å². The smallest absolute Gasteiger partial charge is 0.341 e. The highest BCUT2D eigenvalue weighted by Gasteiger charge is 2.48. The number of nitrogens with zero attached hydrogens (tertiary/aromatic N) is 2. The van der Waals surface area contributed by atoms with Crippen molar-refractivity contribution in [1.29, 1.82) is 0 Å². The molecule has 1 aliphatic heterocycles. The molecule has 0 bridgehead atoms. The van der Waals surface area contributed by atoms with Crippen LogP contribution in [-0.4, -0.2) is 34.2 Å². The lowest BCUT2D eigenvalue weighted by atomic mass is 9.82. The minimum Gasteiger partial charge on any atom is -0.442 e. The number of hydrogen-bond acceptors (Lipinski definition) is 4. The van der Waals surface area contributed by atoms with Gasteiger partial charge in [-0.25, -0.2) is 4.79 Å². The van der Waals surface area contributed by atoms with Crippen molar-refractivity contribution in [2.45, 2.75) is 109 Å². The first-order valence-electron chi connectivity index (χ1n) is 23.2. The molecule has 5 aromatic rings. The molecule has 0 N–H and O–H groups in total. The van der Waals surface area contributed by atoms with Crippen LogP contribution in [0.3, 0.4) is 0 Å². The number of rotatable bonds is 22. The third-order valence-corrected chi connectivity index (χ3v) is 14.2. The quantitative estimate of drug-likeness (QED) is 0.0300. The zero-order valence-electron chi connectivity index (χ0n) is 38.5. The number of halogens is 4. The van der Waals surface area contributed by atoms with Crippen LogP contribution >= 0.6 is 46.4 Å². The Bertz CT molecular complexity index is 2260. The van der Waals surface area contributed by atoms with Crippen LogP contribution in [-0.2, 0) is 23.2 Å². The Morgan fingerprint density at radius 1 is 0.484 bits per heavy atom. The van der Waals surface area contributed by atoms with E-state index in [0.29, 0.717) is 5.56 Å². The molecular weight excluding hydrogens is 874 g/mol. The fourth-order valence-electron chi connectivity index (χ4n) is 8.59. The molecule has 338 valence electrons. The maximum Gasteiger partial charge on any atom is 0.341 e. The fourth-order valence-corrected chi connectivity index (χ4v) is 9.66. The predicted octanol–water partition coefficient (Wildman–Crippen LogP) is 16.9. The van der Waals surface area contributed by atoms with Crippen LogP contribution in [0.4, 0.5) is 11.4 Å². The number of fused-ring (bicyclic) bond motifs is 1. The number of unbranched alkanes of at least 4 members (excludes halogenated alkanes) is 10. The summed E-state index contributed by atoms with van der Waals surface area (Å²) in [7, 11) is 8.10. The van der Waals surface area contributed by atoms with Gasteiger partial charge >= 0.3 is 5.97 Å². The van der Waals surface area contributed by atoms with Gasteiger partial charge in [-0.05, 0) is 107 Å². The Labute approximate surface area is 403 Å². The molecule has 0 spiro atoms. The summed E-state index contributed by atoms with van der Waals surface area (Å²) in [5.74, 6) is -0.638. The molecule has 0 saturated carbocycles. The molecule has 6 rings (SSSR count). The van der Waals surface area contributed by atoms with Gasteiger partial charge in [-0.1, -0.05) is 197 Å². The Hall–Kier alpha value is -4.19. The van der Waals surface area contributed by atoms with Crippen molar-refractivity contribution in [3.8, 4) is 0 Å². The van der Waals surface area contributed by atoms with Crippen LogP contribution in [0.2, 0.25) is 20.1 Å². The first kappa shape index (κ1) is 49.2. The lowest BCUT2D eigenvalue weighted by molar-refractivity contribution is 0.0300. The number of carbonyl (C=O) groups is 1. The SMILES string of the molecule is CCCCCCCCc1ccc(C(=CC2(C=C(c3ccc(CCCCCCCC)cc3)c3ccc(N(C)C)cc3)OC(=O)c3c(Cl)c(Cl)c(Cl)c(Cl)c32)c2ccc(N(C)C)cc2)cc1. The molecule has 8 heteroatoms. The Kier molecular flexibility index (Phi) is 17.9. The van der Waals surface area contributed by atoms with Crippen LogP contribution < -0.4 is 9.80 Å². The molecule has 0 amide bonds. The van der Waals surface area contributed by atoms with Crippen molar-refractivity contribution >= 4 is 74.9 Å². The molecule has 0 atom stereocenters. The minimum absolute atomic E-state index is 0.00612. The molecule has 0 aromatic heterocycles. The summed E-state index contributed by atoms with van der Waals surface area (Å²) in [5, 5.41) is 0.182. The summed E-state index contributed by atoms with van der Waals surface area (Å²) >= 11 is 27.8. The molecule has 0 unspecified atom stereocenters. The number of aryl methyl sites for hydroxylation is 2. The van der Waals surface area contributed by atoms with Crippen molar-refractivity contribution in [1.82, 2.24) is 0 Å². The standard InChI is InChI=1S/C56H64Cl4N2O2/c1-7-9-11-13-15-17-19-39-21-25-41(26-22-39)47(43-29-33-45(34-30-43)61(3)4)37-56(50-49(55(63)64-56)51(57)53(59)54(60)52(50)58)38-48(44-31-35-46(36-32-44)62(5)6)42-27-23-40(24-28-42)20-18-16-14-12-10-8-2/h21-38H,7-20H2,1-6H3. The van der Waals surface area contributed by atoms with Crippen LogP contribution in [0.5, 0.6) is 0 Å². The highest BCUT2D eigenvalue weighted by Crippen LogP contribution is 2.53. The maximum absolute atomic E-state index is 14.4. The number of ether oxygens (including phenoxy) is 1. The first-order chi connectivity index (χ1) is 30.9. The van der Waals surface area contributed by atoms with E-state index < -0.39 is 11.6 Å². The van der Waals surface area contributed by atoms with Crippen molar-refractivity contribution in [3.05, 3.63) is 174 Å². The second-order valence-electron chi connectivity index (χ2n) is 17.6. The molecule has 0 saturated heterocycles. The van der Waals surface area contributed by atoms with Crippen LogP contribution in [0.15, 0.2) is 109 Å². The lowest BCUT2D eigenvalue weighted by Crippen LogP contribution is -2.23. The van der Waals surface area contributed by atoms with Crippen LogP contribution in [0, 0.1) is 0 Å². The van der Waals surface area contributed by atoms with Crippen LogP contribution in [0.1, 0.15) is 140 Å². The van der Waals surface area contributed by atoms with Gasteiger partial charge in [0.05, 0.1) is 25.7 Å². The van der Waals surface area contributed by atoms with Gasteiger partial charge in [-0.15, -0.1) is 0 Å². The number of anilines is 2. The average Bonchev–Trinajstić information content (AvgIpc) is 3.59. The zero-order valence-corrected chi connectivity index (χ0v) is 41.5. The largest absolute Gasteiger partial charge is 0.442 e. The number of carbonyl (C=O) groups excluding carboxylic acids is 1.